The maximum Gasteiger partial charge on any atom is 0.312 e. The number of amides is 3. The molecule has 0 bridgehead atoms. The van der Waals surface area contributed by atoms with Gasteiger partial charge in [0, 0.05) is 11.4 Å². The summed E-state index contributed by atoms with van der Waals surface area (Å²) in [6, 6.07) is 2.46. The molecule has 0 saturated heterocycles. The molecule has 3 amide bonds. The lowest BCUT2D eigenvalue weighted by Crippen LogP contribution is -2.50. The molecule has 1 unspecified atom stereocenters. The minimum atomic E-state index is -0.676. The van der Waals surface area contributed by atoms with E-state index in [9.17, 15) is 9.59 Å². The van der Waals surface area contributed by atoms with Crippen molar-refractivity contribution in [1.29, 1.82) is 0 Å². The molecule has 0 saturated carbocycles. The molecule has 3 N–H and O–H groups in total. The van der Waals surface area contributed by atoms with Gasteiger partial charge in [0.15, 0.2) is 0 Å². The largest absolute Gasteiger partial charge is 0.352 e. The molecule has 0 aliphatic carbocycles. The number of thiophene rings is 1. The first-order valence-electron chi connectivity index (χ1n) is 6.55. The third-order valence-electron chi connectivity index (χ3n) is 2.89. The van der Waals surface area contributed by atoms with E-state index in [4.69, 9.17) is 17.3 Å². The molecule has 8 heteroatoms. The van der Waals surface area contributed by atoms with E-state index in [-0.39, 0.29) is 5.91 Å². The highest BCUT2D eigenvalue weighted by atomic mass is 35.5. The molecule has 21 heavy (non-hydrogen) atoms. The molecular weight excluding hydrogens is 330 g/mol. The van der Waals surface area contributed by atoms with E-state index in [0.717, 1.165) is 10.6 Å². The fraction of sp³-hybridized carbons (Fsp3) is 0.538. The van der Waals surface area contributed by atoms with Gasteiger partial charge in [0.25, 0.3) is 0 Å². The normalized spacial score (nSPS) is 12.0. The standard InChI is InChI=1S/C13H20ClN3O2S2/c1-3-17(8-9-4-5-11(14)21-9)12(18)10(6-7-20-2)16-13(15)19/h4-5,10H,3,6-8H2,1-2H3,(H3,15,16,19). The first-order chi connectivity index (χ1) is 9.97. The highest BCUT2D eigenvalue weighted by Gasteiger charge is 2.24. The van der Waals surface area contributed by atoms with Crippen LogP contribution in [0, 0.1) is 0 Å². The number of hydrogen-bond acceptors (Lipinski definition) is 4. The van der Waals surface area contributed by atoms with Crippen LogP contribution in [0.4, 0.5) is 4.79 Å². The van der Waals surface area contributed by atoms with Gasteiger partial charge in [-0.1, -0.05) is 11.6 Å². The highest BCUT2D eigenvalue weighted by molar-refractivity contribution is 7.98. The number of halogens is 1. The van der Waals surface area contributed by atoms with Crippen molar-refractivity contribution in [3.05, 3.63) is 21.3 Å². The van der Waals surface area contributed by atoms with Crippen molar-refractivity contribution in [2.75, 3.05) is 18.6 Å². The van der Waals surface area contributed by atoms with E-state index in [2.05, 4.69) is 5.32 Å². The molecule has 0 aromatic carbocycles. The molecular formula is C13H20ClN3O2S2. The number of hydrogen-bond donors (Lipinski definition) is 2. The number of nitrogens with zero attached hydrogens (tertiary/aromatic N) is 1. The van der Waals surface area contributed by atoms with Crippen LogP contribution in [-0.4, -0.2) is 41.4 Å². The SMILES string of the molecule is CCN(Cc1ccc(Cl)s1)C(=O)C(CCSC)NC(N)=O. The predicted molar refractivity (Wildman–Crippen MR) is 89.9 cm³/mol. The molecule has 0 aliphatic heterocycles. The van der Waals surface area contributed by atoms with Crippen LogP contribution >= 0.6 is 34.7 Å². The number of thioether (sulfide) groups is 1. The number of nitrogens with two attached hydrogens (primary N) is 1. The third kappa shape index (κ3) is 6.15. The van der Waals surface area contributed by atoms with Crippen molar-refractivity contribution in [2.24, 2.45) is 5.73 Å². The number of urea groups is 1. The van der Waals surface area contributed by atoms with Crippen LogP contribution in [0.2, 0.25) is 4.34 Å². The molecule has 0 radical (unpaired) electrons. The van der Waals surface area contributed by atoms with Gasteiger partial charge < -0.3 is 16.0 Å². The summed E-state index contributed by atoms with van der Waals surface area (Å²) < 4.78 is 0.697. The quantitative estimate of drug-likeness (QED) is 0.757. The number of likely N-dealkylation sites (N-methyl/N-ethyl adjacent to an activating group) is 1. The maximum atomic E-state index is 12.5. The summed E-state index contributed by atoms with van der Waals surface area (Å²) in [5.74, 6) is 0.661. The van der Waals surface area contributed by atoms with Crippen molar-refractivity contribution in [1.82, 2.24) is 10.2 Å². The average molecular weight is 350 g/mol. The van der Waals surface area contributed by atoms with Gasteiger partial charge in [0.1, 0.15) is 6.04 Å². The van der Waals surface area contributed by atoms with Crippen molar-refractivity contribution in [2.45, 2.75) is 25.9 Å². The second kappa shape index (κ2) is 9.17. The van der Waals surface area contributed by atoms with Gasteiger partial charge in [-0.15, -0.1) is 11.3 Å². The van der Waals surface area contributed by atoms with Crippen LogP contribution in [0.15, 0.2) is 12.1 Å². The van der Waals surface area contributed by atoms with Crippen LogP contribution in [0.3, 0.4) is 0 Å². The Morgan fingerprint density at radius 1 is 1.52 bits per heavy atom. The molecule has 118 valence electrons. The molecule has 1 rings (SSSR count). The van der Waals surface area contributed by atoms with E-state index >= 15 is 0 Å². The molecule has 1 aromatic heterocycles. The van der Waals surface area contributed by atoms with Gasteiger partial charge in [-0.05, 0) is 37.5 Å². The van der Waals surface area contributed by atoms with E-state index in [0.29, 0.717) is 23.8 Å². The fourth-order valence-corrected chi connectivity index (χ4v) is 3.43. The molecule has 0 fully saturated rings. The lowest BCUT2D eigenvalue weighted by atomic mass is 10.2. The van der Waals surface area contributed by atoms with Gasteiger partial charge in [0.2, 0.25) is 5.91 Å². The van der Waals surface area contributed by atoms with Crippen LogP contribution in [0.5, 0.6) is 0 Å². The van der Waals surface area contributed by atoms with E-state index in [1.807, 2.05) is 25.3 Å². The Bertz CT molecular complexity index is 482. The van der Waals surface area contributed by atoms with E-state index in [1.54, 1.807) is 16.7 Å². The second-order valence-electron chi connectivity index (χ2n) is 4.40. The van der Waals surface area contributed by atoms with Gasteiger partial charge in [-0.2, -0.15) is 11.8 Å². The van der Waals surface area contributed by atoms with Gasteiger partial charge in [-0.3, -0.25) is 4.79 Å². The van der Waals surface area contributed by atoms with Gasteiger partial charge in [0.05, 0.1) is 10.9 Å². The highest BCUT2D eigenvalue weighted by Crippen LogP contribution is 2.23. The molecule has 1 heterocycles. The lowest BCUT2D eigenvalue weighted by Gasteiger charge is -2.26. The monoisotopic (exact) mass is 349 g/mol. The van der Waals surface area contributed by atoms with Crippen molar-refractivity contribution >= 4 is 46.6 Å². The van der Waals surface area contributed by atoms with Crippen LogP contribution in [0.25, 0.3) is 0 Å². The topological polar surface area (TPSA) is 75.4 Å². The summed E-state index contributed by atoms with van der Waals surface area (Å²) in [5, 5.41) is 2.53. The number of carbonyl (C=O) groups excluding carboxylic acids is 2. The number of primary amides is 1. The Morgan fingerprint density at radius 3 is 2.71 bits per heavy atom. The summed E-state index contributed by atoms with van der Waals surface area (Å²) in [5.41, 5.74) is 5.16. The molecule has 5 nitrogen and oxygen atoms in total. The zero-order valence-corrected chi connectivity index (χ0v) is 14.5. The van der Waals surface area contributed by atoms with Gasteiger partial charge in [-0.25, -0.2) is 4.79 Å². The Morgan fingerprint density at radius 2 is 2.24 bits per heavy atom. The van der Waals surface area contributed by atoms with Crippen LogP contribution in [0.1, 0.15) is 18.2 Å². The Hall–Kier alpha value is -0.920. The summed E-state index contributed by atoms with van der Waals surface area (Å²) >= 11 is 8.98. The summed E-state index contributed by atoms with van der Waals surface area (Å²) in [4.78, 5) is 26.3. The zero-order chi connectivity index (χ0) is 15.8. The zero-order valence-electron chi connectivity index (χ0n) is 12.1. The summed E-state index contributed by atoms with van der Waals surface area (Å²) in [6.07, 6.45) is 2.52. The van der Waals surface area contributed by atoms with Crippen molar-refractivity contribution in [3.8, 4) is 0 Å². The first-order valence-corrected chi connectivity index (χ1v) is 9.14. The summed E-state index contributed by atoms with van der Waals surface area (Å²) in [7, 11) is 0. The van der Waals surface area contributed by atoms with E-state index in [1.165, 1.54) is 11.3 Å². The molecule has 1 atom stereocenters. The van der Waals surface area contributed by atoms with Crippen molar-refractivity contribution < 1.29 is 9.59 Å². The Kier molecular flexibility index (Phi) is 7.92. The first kappa shape index (κ1) is 18.1. The molecule has 1 aromatic rings. The number of rotatable bonds is 8. The van der Waals surface area contributed by atoms with Crippen LogP contribution in [-0.2, 0) is 11.3 Å². The van der Waals surface area contributed by atoms with Gasteiger partial charge >= 0.3 is 6.03 Å². The fourth-order valence-electron chi connectivity index (χ4n) is 1.86. The lowest BCUT2D eigenvalue weighted by molar-refractivity contribution is -0.133. The number of nitrogens with one attached hydrogen (secondary N) is 1. The maximum absolute atomic E-state index is 12.5. The summed E-state index contributed by atoms with van der Waals surface area (Å²) in [6.45, 7) is 2.95. The van der Waals surface area contributed by atoms with Crippen LogP contribution < -0.4 is 11.1 Å². The Labute approximate surface area is 138 Å². The second-order valence-corrected chi connectivity index (χ2v) is 7.19. The minimum Gasteiger partial charge on any atom is -0.352 e. The smallest absolute Gasteiger partial charge is 0.312 e. The third-order valence-corrected chi connectivity index (χ3v) is 4.75. The number of carbonyl (C=O) groups is 2. The Balaban J connectivity index is 2.74. The van der Waals surface area contributed by atoms with E-state index < -0.39 is 12.1 Å². The minimum absolute atomic E-state index is 0.116. The molecule has 0 spiro atoms. The molecule has 0 aliphatic rings. The average Bonchev–Trinajstić information content (AvgIpc) is 2.85. The predicted octanol–water partition coefficient (Wildman–Crippen LogP) is 2.54. The van der Waals surface area contributed by atoms with Crippen molar-refractivity contribution in [3.63, 3.8) is 0 Å².